The SMILES string of the molecule is Cc1nc(NC(=O)Cc2c[nH]c3ccccc23)sc1-c1nccn1C. The van der Waals surface area contributed by atoms with Crippen molar-refractivity contribution in [2.24, 2.45) is 7.05 Å². The number of imidazole rings is 1. The minimum absolute atomic E-state index is 0.0788. The molecule has 0 aliphatic heterocycles. The monoisotopic (exact) mass is 351 g/mol. The van der Waals surface area contributed by atoms with E-state index in [1.807, 2.05) is 55.2 Å². The van der Waals surface area contributed by atoms with E-state index in [0.717, 1.165) is 32.9 Å². The molecule has 25 heavy (non-hydrogen) atoms. The fraction of sp³-hybridized carbons (Fsp3) is 0.167. The van der Waals surface area contributed by atoms with Gasteiger partial charge in [0.05, 0.1) is 17.0 Å². The van der Waals surface area contributed by atoms with Crippen LogP contribution in [0.5, 0.6) is 0 Å². The van der Waals surface area contributed by atoms with E-state index < -0.39 is 0 Å². The van der Waals surface area contributed by atoms with Gasteiger partial charge in [0.15, 0.2) is 11.0 Å². The average Bonchev–Trinajstić information content (AvgIpc) is 3.27. The zero-order valence-corrected chi connectivity index (χ0v) is 14.7. The first-order chi connectivity index (χ1) is 12.1. The number of rotatable bonds is 4. The number of aromatic amines is 1. The largest absolute Gasteiger partial charge is 0.361 e. The molecule has 7 heteroatoms. The summed E-state index contributed by atoms with van der Waals surface area (Å²) < 4.78 is 1.94. The first-order valence-electron chi connectivity index (χ1n) is 7.92. The maximum absolute atomic E-state index is 12.4. The van der Waals surface area contributed by atoms with Gasteiger partial charge in [-0.25, -0.2) is 9.97 Å². The van der Waals surface area contributed by atoms with E-state index >= 15 is 0 Å². The second-order valence-corrected chi connectivity index (χ2v) is 6.88. The summed E-state index contributed by atoms with van der Waals surface area (Å²) >= 11 is 1.44. The Bertz CT molecular complexity index is 1060. The van der Waals surface area contributed by atoms with Crippen LogP contribution in [0.25, 0.3) is 21.6 Å². The molecule has 126 valence electrons. The van der Waals surface area contributed by atoms with Crippen LogP contribution in [0.3, 0.4) is 0 Å². The maximum Gasteiger partial charge on any atom is 0.230 e. The molecule has 0 atom stereocenters. The molecule has 6 nitrogen and oxygen atoms in total. The van der Waals surface area contributed by atoms with Crippen molar-refractivity contribution in [1.29, 1.82) is 0 Å². The van der Waals surface area contributed by atoms with Gasteiger partial charge in [-0.1, -0.05) is 29.5 Å². The van der Waals surface area contributed by atoms with E-state index in [1.165, 1.54) is 11.3 Å². The predicted molar refractivity (Wildman–Crippen MR) is 99.7 cm³/mol. The van der Waals surface area contributed by atoms with E-state index in [0.29, 0.717) is 11.6 Å². The van der Waals surface area contributed by atoms with Crippen molar-refractivity contribution in [2.45, 2.75) is 13.3 Å². The maximum atomic E-state index is 12.4. The normalized spacial score (nSPS) is 11.1. The van der Waals surface area contributed by atoms with E-state index in [1.54, 1.807) is 6.20 Å². The van der Waals surface area contributed by atoms with Gasteiger partial charge < -0.3 is 14.9 Å². The van der Waals surface area contributed by atoms with Crippen LogP contribution in [0, 0.1) is 6.92 Å². The number of benzene rings is 1. The van der Waals surface area contributed by atoms with E-state index in [2.05, 4.69) is 20.3 Å². The highest BCUT2D eigenvalue weighted by atomic mass is 32.1. The molecule has 1 amide bonds. The number of aromatic nitrogens is 4. The third-order valence-electron chi connectivity index (χ3n) is 4.09. The first kappa shape index (κ1) is 15.6. The first-order valence-corrected chi connectivity index (χ1v) is 8.73. The summed E-state index contributed by atoms with van der Waals surface area (Å²) in [5, 5.41) is 4.57. The van der Waals surface area contributed by atoms with Gasteiger partial charge in [-0.05, 0) is 18.6 Å². The molecule has 0 spiro atoms. The fourth-order valence-electron chi connectivity index (χ4n) is 2.86. The molecular formula is C18H17N5OS. The Morgan fingerprint density at radius 1 is 1.36 bits per heavy atom. The van der Waals surface area contributed by atoms with Gasteiger partial charge in [-0.15, -0.1) is 0 Å². The number of carbonyl (C=O) groups is 1. The number of hydrogen-bond acceptors (Lipinski definition) is 4. The predicted octanol–water partition coefficient (Wildman–Crippen LogP) is 3.51. The Morgan fingerprint density at radius 2 is 2.20 bits per heavy atom. The number of fused-ring (bicyclic) bond motifs is 1. The molecular weight excluding hydrogens is 334 g/mol. The Labute approximate surface area is 148 Å². The highest BCUT2D eigenvalue weighted by Crippen LogP contribution is 2.31. The average molecular weight is 351 g/mol. The van der Waals surface area contributed by atoms with Gasteiger partial charge in [0, 0.05) is 36.5 Å². The lowest BCUT2D eigenvalue weighted by molar-refractivity contribution is -0.115. The van der Waals surface area contributed by atoms with E-state index in [9.17, 15) is 4.79 Å². The zero-order valence-electron chi connectivity index (χ0n) is 13.9. The van der Waals surface area contributed by atoms with Gasteiger partial charge in [0.25, 0.3) is 0 Å². The van der Waals surface area contributed by atoms with Gasteiger partial charge in [0.1, 0.15) is 0 Å². The van der Waals surface area contributed by atoms with Crippen molar-refractivity contribution < 1.29 is 4.79 Å². The molecule has 0 aliphatic carbocycles. The summed E-state index contributed by atoms with van der Waals surface area (Å²) in [5.74, 6) is 0.775. The molecule has 1 aromatic carbocycles. The van der Waals surface area contributed by atoms with Crippen molar-refractivity contribution in [3.63, 3.8) is 0 Å². The molecule has 0 radical (unpaired) electrons. The van der Waals surface area contributed by atoms with E-state index in [-0.39, 0.29) is 5.91 Å². The Morgan fingerprint density at radius 3 is 3.00 bits per heavy atom. The highest BCUT2D eigenvalue weighted by molar-refractivity contribution is 7.19. The standard InChI is InChI=1S/C18H17N5OS/c1-11-16(17-19-7-8-23(17)2)25-18(21-11)22-15(24)9-12-10-20-14-6-4-3-5-13(12)14/h3-8,10,20H,9H2,1-2H3,(H,21,22,24). The third kappa shape index (κ3) is 2.94. The molecule has 4 rings (SSSR count). The molecule has 0 fully saturated rings. The number of para-hydroxylation sites is 1. The summed E-state index contributed by atoms with van der Waals surface area (Å²) in [6.45, 7) is 1.93. The van der Waals surface area contributed by atoms with Crippen LogP contribution in [-0.2, 0) is 18.3 Å². The smallest absolute Gasteiger partial charge is 0.230 e. The Hall–Kier alpha value is -2.93. The lowest BCUT2D eigenvalue weighted by atomic mass is 10.1. The summed E-state index contributed by atoms with van der Waals surface area (Å²) in [6.07, 6.45) is 5.84. The number of aryl methyl sites for hydroxylation is 2. The van der Waals surface area contributed by atoms with Gasteiger partial charge in [0.2, 0.25) is 5.91 Å². The second-order valence-electron chi connectivity index (χ2n) is 5.88. The van der Waals surface area contributed by atoms with Crippen molar-refractivity contribution in [3.05, 3.63) is 54.1 Å². The van der Waals surface area contributed by atoms with Gasteiger partial charge in [-0.3, -0.25) is 4.79 Å². The molecule has 2 N–H and O–H groups in total. The second kappa shape index (κ2) is 6.18. The number of carbonyl (C=O) groups excluding carboxylic acids is 1. The van der Waals surface area contributed by atoms with Crippen LogP contribution in [0.1, 0.15) is 11.3 Å². The topological polar surface area (TPSA) is 75.6 Å². The number of anilines is 1. The van der Waals surface area contributed by atoms with Crippen molar-refractivity contribution >= 4 is 33.3 Å². The van der Waals surface area contributed by atoms with Crippen LogP contribution >= 0.6 is 11.3 Å². The molecule has 0 saturated heterocycles. The zero-order chi connectivity index (χ0) is 17.4. The fourth-order valence-corrected chi connectivity index (χ4v) is 3.88. The number of H-pyrrole nitrogens is 1. The van der Waals surface area contributed by atoms with Crippen molar-refractivity contribution in [1.82, 2.24) is 19.5 Å². The lowest BCUT2D eigenvalue weighted by Crippen LogP contribution is -2.13. The molecule has 0 aliphatic rings. The van der Waals surface area contributed by atoms with E-state index in [4.69, 9.17) is 0 Å². The number of thiazole rings is 1. The van der Waals surface area contributed by atoms with Crippen LogP contribution in [0.4, 0.5) is 5.13 Å². The van der Waals surface area contributed by atoms with Crippen molar-refractivity contribution in [3.8, 4) is 10.7 Å². The molecule has 0 saturated carbocycles. The molecule has 0 bridgehead atoms. The van der Waals surface area contributed by atoms with Gasteiger partial charge >= 0.3 is 0 Å². The molecule has 3 heterocycles. The van der Waals surface area contributed by atoms with Crippen LogP contribution in [-0.4, -0.2) is 25.4 Å². The third-order valence-corrected chi connectivity index (χ3v) is 5.16. The minimum atomic E-state index is -0.0788. The molecule has 4 aromatic rings. The number of amides is 1. The number of hydrogen-bond donors (Lipinski definition) is 2. The van der Waals surface area contributed by atoms with Crippen LogP contribution < -0.4 is 5.32 Å². The minimum Gasteiger partial charge on any atom is -0.361 e. The summed E-state index contributed by atoms with van der Waals surface area (Å²) in [5.41, 5.74) is 2.87. The number of nitrogens with one attached hydrogen (secondary N) is 2. The molecule has 3 aromatic heterocycles. The number of nitrogens with zero attached hydrogens (tertiary/aromatic N) is 3. The lowest BCUT2D eigenvalue weighted by Gasteiger charge is -2.01. The Balaban J connectivity index is 1.53. The molecule has 0 unspecified atom stereocenters. The summed E-state index contributed by atoms with van der Waals surface area (Å²) in [7, 11) is 1.94. The Kier molecular flexibility index (Phi) is 3.85. The van der Waals surface area contributed by atoms with Gasteiger partial charge in [-0.2, -0.15) is 0 Å². The summed E-state index contributed by atoms with van der Waals surface area (Å²) in [6, 6.07) is 7.96. The quantitative estimate of drug-likeness (QED) is 0.591. The summed E-state index contributed by atoms with van der Waals surface area (Å²) in [4.78, 5) is 25.4. The van der Waals surface area contributed by atoms with Crippen LogP contribution in [0.15, 0.2) is 42.9 Å². The van der Waals surface area contributed by atoms with Crippen molar-refractivity contribution in [2.75, 3.05) is 5.32 Å². The van der Waals surface area contributed by atoms with Crippen LogP contribution in [0.2, 0.25) is 0 Å². The highest BCUT2D eigenvalue weighted by Gasteiger charge is 2.16.